The second-order valence-corrected chi connectivity index (χ2v) is 6.54. The quantitative estimate of drug-likeness (QED) is 0.758. The molecule has 0 fully saturated rings. The number of H-pyrrole nitrogens is 1. The summed E-state index contributed by atoms with van der Waals surface area (Å²) in [5.74, 6) is 0.0792. The van der Waals surface area contributed by atoms with Crippen molar-refractivity contribution < 1.29 is 9.53 Å². The van der Waals surface area contributed by atoms with Crippen LogP contribution in [0.3, 0.4) is 0 Å². The number of anilines is 1. The number of carbonyl (C=O) groups excluding carboxylic acids is 1. The van der Waals surface area contributed by atoms with E-state index in [1.807, 2.05) is 24.3 Å². The SMILES string of the molecule is COc1cccc(-n2c(=O)[nH]cc(C(=O)N3CCCc4ccccc43)c2=O)c1. The molecular weight excluding hydrogens is 358 g/mol. The molecule has 0 unspecified atom stereocenters. The van der Waals surface area contributed by atoms with Gasteiger partial charge in [0.1, 0.15) is 11.3 Å². The molecule has 2 heterocycles. The summed E-state index contributed by atoms with van der Waals surface area (Å²) in [6.45, 7) is 0.521. The molecule has 1 aliphatic rings. The number of hydrogen-bond donors (Lipinski definition) is 1. The number of rotatable bonds is 3. The monoisotopic (exact) mass is 377 g/mol. The van der Waals surface area contributed by atoms with Gasteiger partial charge in [-0.3, -0.25) is 9.59 Å². The van der Waals surface area contributed by atoms with Crippen LogP contribution in [0.1, 0.15) is 22.3 Å². The van der Waals surface area contributed by atoms with Crippen molar-refractivity contribution in [1.29, 1.82) is 0 Å². The number of carbonyl (C=O) groups is 1. The van der Waals surface area contributed by atoms with Crippen LogP contribution < -0.4 is 20.9 Å². The molecule has 1 aromatic heterocycles. The molecule has 0 spiro atoms. The number of nitrogens with one attached hydrogen (secondary N) is 1. The Bertz CT molecular complexity index is 1160. The molecule has 0 radical (unpaired) electrons. The number of methoxy groups -OCH3 is 1. The maximum atomic E-state index is 13.2. The molecule has 0 atom stereocenters. The Morgan fingerprint density at radius 3 is 2.75 bits per heavy atom. The molecule has 4 rings (SSSR count). The van der Waals surface area contributed by atoms with Crippen LogP contribution in [0.5, 0.6) is 5.75 Å². The lowest BCUT2D eigenvalue weighted by Crippen LogP contribution is -2.42. The van der Waals surface area contributed by atoms with E-state index in [1.165, 1.54) is 13.3 Å². The first-order valence-electron chi connectivity index (χ1n) is 8.99. The summed E-state index contributed by atoms with van der Waals surface area (Å²) in [5.41, 5.74) is 0.842. The molecule has 2 aromatic carbocycles. The van der Waals surface area contributed by atoms with E-state index in [2.05, 4.69) is 4.98 Å². The van der Waals surface area contributed by atoms with E-state index in [1.54, 1.807) is 29.2 Å². The smallest absolute Gasteiger partial charge is 0.333 e. The lowest BCUT2D eigenvalue weighted by Gasteiger charge is -2.29. The number of para-hydroxylation sites is 1. The first-order valence-corrected chi connectivity index (χ1v) is 8.99. The van der Waals surface area contributed by atoms with Crippen molar-refractivity contribution in [3.63, 3.8) is 0 Å². The van der Waals surface area contributed by atoms with Crippen LogP contribution in [0, 0.1) is 0 Å². The van der Waals surface area contributed by atoms with Crippen molar-refractivity contribution in [2.45, 2.75) is 12.8 Å². The van der Waals surface area contributed by atoms with Gasteiger partial charge in [0, 0.05) is 24.5 Å². The molecular formula is C21H19N3O4. The van der Waals surface area contributed by atoms with Crippen LogP contribution in [-0.2, 0) is 6.42 Å². The van der Waals surface area contributed by atoms with Gasteiger partial charge in [0.25, 0.3) is 11.5 Å². The van der Waals surface area contributed by atoms with Gasteiger partial charge in [-0.2, -0.15) is 0 Å². The second kappa shape index (κ2) is 7.19. The van der Waals surface area contributed by atoms with Gasteiger partial charge in [0.15, 0.2) is 0 Å². The summed E-state index contributed by atoms with van der Waals surface area (Å²) in [6.07, 6.45) is 2.90. The lowest BCUT2D eigenvalue weighted by molar-refractivity contribution is 0.0983. The molecule has 0 saturated carbocycles. The van der Waals surface area contributed by atoms with Crippen molar-refractivity contribution in [1.82, 2.24) is 9.55 Å². The van der Waals surface area contributed by atoms with Crippen molar-refractivity contribution in [2.75, 3.05) is 18.6 Å². The Morgan fingerprint density at radius 2 is 1.93 bits per heavy atom. The molecule has 0 saturated heterocycles. The molecule has 3 aromatic rings. The normalized spacial score (nSPS) is 13.1. The van der Waals surface area contributed by atoms with Crippen LogP contribution in [-0.4, -0.2) is 29.1 Å². The molecule has 0 bridgehead atoms. The Morgan fingerprint density at radius 1 is 1.11 bits per heavy atom. The van der Waals surface area contributed by atoms with Crippen LogP contribution in [0.4, 0.5) is 5.69 Å². The van der Waals surface area contributed by atoms with Gasteiger partial charge >= 0.3 is 5.69 Å². The van der Waals surface area contributed by atoms with Crippen LogP contribution in [0.2, 0.25) is 0 Å². The zero-order valence-corrected chi connectivity index (χ0v) is 15.3. The Kier molecular flexibility index (Phi) is 4.57. The largest absolute Gasteiger partial charge is 0.497 e. The third-order valence-corrected chi connectivity index (χ3v) is 4.87. The van der Waals surface area contributed by atoms with Crippen molar-refractivity contribution >= 4 is 11.6 Å². The average molecular weight is 377 g/mol. The number of nitrogens with zero attached hydrogens (tertiary/aromatic N) is 2. The van der Waals surface area contributed by atoms with E-state index in [9.17, 15) is 14.4 Å². The Labute approximate surface area is 160 Å². The fourth-order valence-electron chi connectivity index (χ4n) is 3.50. The van der Waals surface area contributed by atoms with Crippen LogP contribution >= 0.6 is 0 Å². The fraction of sp³-hybridized carbons (Fsp3) is 0.190. The molecule has 7 heteroatoms. The number of fused-ring (bicyclic) bond motifs is 1. The number of aromatic amines is 1. The predicted octanol–water partition coefficient (Wildman–Crippen LogP) is 2.13. The van der Waals surface area contributed by atoms with Crippen molar-refractivity contribution in [2.24, 2.45) is 0 Å². The van der Waals surface area contributed by atoms with Gasteiger partial charge in [-0.15, -0.1) is 0 Å². The summed E-state index contributed by atoms with van der Waals surface area (Å²) >= 11 is 0. The van der Waals surface area contributed by atoms with Gasteiger partial charge in [-0.05, 0) is 36.6 Å². The molecule has 28 heavy (non-hydrogen) atoms. The van der Waals surface area contributed by atoms with Gasteiger partial charge in [0.05, 0.1) is 12.8 Å². The third kappa shape index (κ3) is 3.00. The number of benzene rings is 2. The summed E-state index contributed by atoms with van der Waals surface area (Å²) in [4.78, 5) is 42.6. The van der Waals surface area contributed by atoms with Gasteiger partial charge < -0.3 is 14.6 Å². The minimum Gasteiger partial charge on any atom is -0.497 e. The molecule has 142 valence electrons. The lowest BCUT2D eigenvalue weighted by atomic mass is 10.0. The zero-order chi connectivity index (χ0) is 19.7. The van der Waals surface area contributed by atoms with Gasteiger partial charge in [0.2, 0.25) is 0 Å². The van der Waals surface area contributed by atoms with E-state index < -0.39 is 17.2 Å². The van der Waals surface area contributed by atoms with Crippen LogP contribution in [0.15, 0.2) is 64.3 Å². The molecule has 1 amide bonds. The van der Waals surface area contributed by atoms with E-state index in [4.69, 9.17) is 4.74 Å². The van der Waals surface area contributed by atoms with Gasteiger partial charge in [-0.1, -0.05) is 24.3 Å². The number of hydrogen-bond acceptors (Lipinski definition) is 4. The number of aromatic nitrogens is 2. The topological polar surface area (TPSA) is 84.4 Å². The highest BCUT2D eigenvalue weighted by Gasteiger charge is 2.26. The number of ether oxygens (including phenoxy) is 1. The molecule has 1 aliphatic heterocycles. The minimum atomic E-state index is -0.662. The fourth-order valence-corrected chi connectivity index (χ4v) is 3.50. The molecule has 0 aliphatic carbocycles. The standard InChI is InChI=1S/C21H19N3O4/c1-28-16-9-4-8-15(12-16)24-20(26)17(13-22-21(24)27)19(25)23-11-5-7-14-6-2-3-10-18(14)23/h2-4,6,8-10,12-13H,5,7,11H2,1H3,(H,22,27). The minimum absolute atomic E-state index is 0.0841. The Balaban J connectivity index is 1.81. The van der Waals surface area contributed by atoms with Crippen molar-refractivity contribution in [3.05, 3.63) is 86.7 Å². The van der Waals surface area contributed by atoms with E-state index in [0.29, 0.717) is 18.0 Å². The summed E-state index contributed by atoms with van der Waals surface area (Å²) in [6, 6.07) is 14.2. The second-order valence-electron chi connectivity index (χ2n) is 6.54. The first kappa shape index (κ1) is 17.8. The molecule has 7 nitrogen and oxygen atoms in total. The number of amides is 1. The Hall–Kier alpha value is -3.61. The molecule has 1 N–H and O–H groups in total. The number of aryl methyl sites for hydroxylation is 1. The summed E-state index contributed by atoms with van der Waals surface area (Å²) in [7, 11) is 1.50. The highest BCUT2D eigenvalue weighted by molar-refractivity contribution is 6.06. The van der Waals surface area contributed by atoms with E-state index in [-0.39, 0.29) is 5.56 Å². The maximum Gasteiger partial charge on any atom is 0.333 e. The van der Waals surface area contributed by atoms with Gasteiger partial charge in [-0.25, -0.2) is 9.36 Å². The average Bonchev–Trinajstić information content (AvgIpc) is 2.73. The van der Waals surface area contributed by atoms with Crippen LogP contribution in [0.25, 0.3) is 5.69 Å². The maximum absolute atomic E-state index is 13.2. The predicted molar refractivity (Wildman–Crippen MR) is 106 cm³/mol. The highest BCUT2D eigenvalue weighted by Crippen LogP contribution is 2.27. The first-order chi connectivity index (χ1) is 13.6. The van der Waals surface area contributed by atoms with E-state index >= 15 is 0 Å². The summed E-state index contributed by atoms with van der Waals surface area (Å²) < 4.78 is 6.12. The summed E-state index contributed by atoms with van der Waals surface area (Å²) in [5, 5.41) is 0. The van der Waals surface area contributed by atoms with Crippen molar-refractivity contribution in [3.8, 4) is 11.4 Å². The van der Waals surface area contributed by atoms with E-state index in [0.717, 1.165) is 28.7 Å². The highest BCUT2D eigenvalue weighted by atomic mass is 16.5. The third-order valence-electron chi connectivity index (χ3n) is 4.87. The zero-order valence-electron chi connectivity index (χ0n) is 15.3.